The summed E-state index contributed by atoms with van der Waals surface area (Å²) in [6.45, 7) is 3.17. The van der Waals surface area contributed by atoms with E-state index in [0.29, 0.717) is 0 Å². The molecule has 4 aromatic rings. The lowest BCUT2D eigenvalue weighted by Crippen LogP contribution is -1.96. The number of hydrogen-bond donors (Lipinski definition) is 1. The zero-order valence-electron chi connectivity index (χ0n) is 13.6. The second kappa shape index (κ2) is 5.06. The van der Waals surface area contributed by atoms with Crippen LogP contribution in [0.1, 0.15) is 17.8 Å². The zero-order valence-corrected chi connectivity index (χ0v) is 13.6. The molecule has 0 atom stereocenters. The Morgan fingerprint density at radius 2 is 2.04 bits per heavy atom. The topological polar surface area (TPSA) is 46.5 Å². The summed E-state index contributed by atoms with van der Waals surface area (Å²) in [5.41, 5.74) is 8.00. The van der Waals surface area contributed by atoms with Gasteiger partial charge in [-0.15, -0.1) is 0 Å². The van der Waals surface area contributed by atoms with Crippen molar-refractivity contribution in [3.8, 4) is 22.5 Å². The number of aromatic nitrogens is 4. The van der Waals surface area contributed by atoms with Crippen molar-refractivity contribution in [1.82, 2.24) is 19.5 Å². The van der Waals surface area contributed by atoms with E-state index in [9.17, 15) is 0 Å². The Morgan fingerprint density at radius 1 is 1.08 bits per heavy atom. The number of rotatable bonds is 2. The summed E-state index contributed by atoms with van der Waals surface area (Å²) in [6.07, 6.45) is 3.98. The van der Waals surface area contributed by atoms with E-state index in [4.69, 9.17) is 4.98 Å². The van der Waals surface area contributed by atoms with Crippen molar-refractivity contribution in [3.05, 3.63) is 60.2 Å². The summed E-state index contributed by atoms with van der Waals surface area (Å²) in [4.78, 5) is 12.6. The van der Waals surface area contributed by atoms with Crippen molar-refractivity contribution in [1.29, 1.82) is 0 Å². The van der Waals surface area contributed by atoms with E-state index in [1.54, 1.807) is 6.33 Å². The molecule has 0 saturated carbocycles. The molecular formula is C20H18N4. The van der Waals surface area contributed by atoms with Crippen LogP contribution in [0.4, 0.5) is 0 Å². The summed E-state index contributed by atoms with van der Waals surface area (Å²) in [6, 6.07) is 15.0. The Morgan fingerprint density at radius 3 is 2.96 bits per heavy atom. The van der Waals surface area contributed by atoms with Gasteiger partial charge in [0.1, 0.15) is 5.82 Å². The molecule has 0 saturated heterocycles. The Balaban J connectivity index is 1.77. The van der Waals surface area contributed by atoms with Gasteiger partial charge in [-0.2, -0.15) is 0 Å². The zero-order chi connectivity index (χ0) is 16.1. The number of aromatic amines is 1. The Kier molecular flexibility index (Phi) is 2.86. The first kappa shape index (κ1) is 13.5. The first-order valence-electron chi connectivity index (χ1n) is 8.39. The van der Waals surface area contributed by atoms with E-state index in [1.165, 1.54) is 34.6 Å². The predicted molar refractivity (Wildman–Crippen MR) is 95.8 cm³/mol. The highest BCUT2D eigenvalue weighted by atomic mass is 15.1. The fraction of sp³-hybridized carbons (Fsp3) is 0.200. The average Bonchev–Trinajstić information content (AvgIpc) is 3.29. The van der Waals surface area contributed by atoms with Gasteiger partial charge < -0.3 is 9.55 Å². The highest BCUT2D eigenvalue weighted by Gasteiger charge is 2.23. The molecule has 118 valence electrons. The molecule has 24 heavy (non-hydrogen) atoms. The summed E-state index contributed by atoms with van der Waals surface area (Å²) >= 11 is 0. The Labute approximate surface area is 140 Å². The van der Waals surface area contributed by atoms with Crippen molar-refractivity contribution >= 4 is 11.0 Å². The summed E-state index contributed by atoms with van der Waals surface area (Å²) < 4.78 is 2.38. The van der Waals surface area contributed by atoms with Crippen molar-refractivity contribution in [2.75, 3.05) is 0 Å². The quantitative estimate of drug-likeness (QED) is 0.598. The van der Waals surface area contributed by atoms with Gasteiger partial charge in [-0.1, -0.05) is 29.8 Å². The van der Waals surface area contributed by atoms with Gasteiger partial charge in [0.25, 0.3) is 0 Å². The molecule has 4 nitrogen and oxygen atoms in total. The minimum absolute atomic E-state index is 0.997. The molecule has 1 N–H and O–H groups in total. The van der Waals surface area contributed by atoms with E-state index in [0.717, 1.165) is 29.7 Å². The second-order valence-electron chi connectivity index (χ2n) is 6.48. The fourth-order valence-corrected chi connectivity index (χ4v) is 3.69. The number of imidazole rings is 2. The van der Waals surface area contributed by atoms with Crippen molar-refractivity contribution in [2.24, 2.45) is 0 Å². The maximum atomic E-state index is 4.98. The normalized spacial score (nSPS) is 13.5. The van der Waals surface area contributed by atoms with E-state index < -0.39 is 0 Å². The largest absolute Gasteiger partial charge is 0.345 e. The van der Waals surface area contributed by atoms with Crippen LogP contribution in [0.2, 0.25) is 0 Å². The molecule has 4 heteroatoms. The molecule has 0 unspecified atom stereocenters. The number of hydrogen-bond acceptors (Lipinski definition) is 2. The van der Waals surface area contributed by atoms with Crippen molar-refractivity contribution < 1.29 is 0 Å². The molecule has 1 aliphatic heterocycles. The summed E-state index contributed by atoms with van der Waals surface area (Å²) in [5.74, 6) is 1.20. The summed E-state index contributed by atoms with van der Waals surface area (Å²) in [5, 5.41) is 0. The number of benzene rings is 2. The average molecular weight is 314 g/mol. The number of aryl methyl sites for hydroxylation is 2. The van der Waals surface area contributed by atoms with Crippen LogP contribution in [-0.4, -0.2) is 19.5 Å². The van der Waals surface area contributed by atoms with Gasteiger partial charge in [0, 0.05) is 24.1 Å². The minimum atomic E-state index is 0.997. The first-order chi connectivity index (χ1) is 11.8. The SMILES string of the molecule is Cc1cccc(-c2nc3n(c2-c2ccc4[nH]cnc4c2)CCC3)c1. The van der Waals surface area contributed by atoms with E-state index >= 15 is 0 Å². The smallest absolute Gasteiger partial charge is 0.109 e. The van der Waals surface area contributed by atoms with Gasteiger partial charge in [-0.05, 0) is 31.5 Å². The number of H-pyrrole nitrogens is 1. The van der Waals surface area contributed by atoms with Crippen LogP contribution >= 0.6 is 0 Å². The second-order valence-corrected chi connectivity index (χ2v) is 6.48. The molecule has 2 aromatic carbocycles. The van der Waals surface area contributed by atoms with Gasteiger partial charge >= 0.3 is 0 Å². The molecule has 0 bridgehead atoms. The van der Waals surface area contributed by atoms with E-state index in [-0.39, 0.29) is 0 Å². The van der Waals surface area contributed by atoms with Crippen molar-refractivity contribution in [3.63, 3.8) is 0 Å². The molecule has 0 radical (unpaired) electrons. The van der Waals surface area contributed by atoms with Gasteiger partial charge in [0.05, 0.1) is 28.7 Å². The third kappa shape index (κ3) is 1.99. The highest BCUT2D eigenvalue weighted by Crippen LogP contribution is 2.36. The molecule has 3 heterocycles. The third-order valence-corrected chi connectivity index (χ3v) is 4.82. The van der Waals surface area contributed by atoms with Gasteiger partial charge in [0.15, 0.2) is 0 Å². The van der Waals surface area contributed by atoms with Crippen LogP contribution in [-0.2, 0) is 13.0 Å². The lowest BCUT2D eigenvalue weighted by Gasteiger charge is -2.09. The lowest BCUT2D eigenvalue weighted by molar-refractivity contribution is 0.756. The van der Waals surface area contributed by atoms with Crippen LogP contribution in [0, 0.1) is 6.92 Å². The third-order valence-electron chi connectivity index (χ3n) is 4.82. The van der Waals surface area contributed by atoms with E-state index in [2.05, 4.69) is 63.9 Å². The fourth-order valence-electron chi connectivity index (χ4n) is 3.69. The molecular weight excluding hydrogens is 296 g/mol. The van der Waals surface area contributed by atoms with E-state index in [1.807, 2.05) is 0 Å². The predicted octanol–water partition coefficient (Wildman–Crippen LogP) is 4.35. The van der Waals surface area contributed by atoms with Crippen LogP contribution < -0.4 is 0 Å². The van der Waals surface area contributed by atoms with Gasteiger partial charge in [0.2, 0.25) is 0 Å². The van der Waals surface area contributed by atoms with Gasteiger partial charge in [-0.25, -0.2) is 9.97 Å². The molecule has 0 aliphatic carbocycles. The van der Waals surface area contributed by atoms with Crippen LogP contribution in [0.5, 0.6) is 0 Å². The van der Waals surface area contributed by atoms with Crippen molar-refractivity contribution in [2.45, 2.75) is 26.3 Å². The van der Waals surface area contributed by atoms with Gasteiger partial charge in [-0.3, -0.25) is 0 Å². The molecule has 1 aliphatic rings. The first-order valence-corrected chi connectivity index (χ1v) is 8.39. The minimum Gasteiger partial charge on any atom is -0.345 e. The molecule has 0 fully saturated rings. The number of nitrogens with one attached hydrogen (secondary N) is 1. The molecule has 0 spiro atoms. The maximum absolute atomic E-state index is 4.98. The lowest BCUT2D eigenvalue weighted by atomic mass is 10.0. The van der Waals surface area contributed by atoms with Crippen LogP contribution in [0.25, 0.3) is 33.5 Å². The monoisotopic (exact) mass is 314 g/mol. The van der Waals surface area contributed by atoms with Crippen LogP contribution in [0.3, 0.4) is 0 Å². The van der Waals surface area contributed by atoms with Crippen LogP contribution in [0.15, 0.2) is 48.8 Å². The molecule has 5 rings (SSSR count). The summed E-state index contributed by atoms with van der Waals surface area (Å²) in [7, 11) is 0. The number of nitrogens with zero attached hydrogens (tertiary/aromatic N) is 3. The Hall–Kier alpha value is -2.88. The maximum Gasteiger partial charge on any atom is 0.109 e. The highest BCUT2D eigenvalue weighted by molar-refractivity contribution is 5.86. The number of fused-ring (bicyclic) bond motifs is 2. The Bertz CT molecular complexity index is 1050. The standard InChI is InChI=1S/C20H18N4/c1-13-4-2-5-14(10-13)19-20(24-9-3-6-18(24)23-19)15-7-8-16-17(11-15)22-12-21-16/h2,4-5,7-8,10-12H,3,6,9H2,1H3,(H,21,22). The molecule has 2 aromatic heterocycles. The molecule has 0 amide bonds.